The van der Waals surface area contributed by atoms with Gasteiger partial charge in [0.2, 0.25) is 11.7 Å². The maximum atomic E-state index is 5.98. The maximum Gasteiger partial charge on any atom is 0.228 e. The highest BCUT2D eigenvalue weighted by Gasteiger charge is 2.29. The van der Waals surface area contributed by atoms with Gasteiger partial charge in [0.05, 0.1) is 6.20 Å². The summed E-state index contributed by atoms with van der Waals surface area (Å²) in [5.41, 5.74) is 6.56. The van der Waals surface area contributed by atoms with Crippen molar-refractivity contribution in [1.82, 2.24) is 25.6 Å². The van der Waals surface area contributed by atoms with E-state index in [-0.39, 0.29) is 6.04 Å². The van der Waals surface area contributed by atoms with Crippen LogP contribution in [0.1, 0.15) is 18.7 Å². The lowest BCUT2D eigenvalue weighted by Gasteiger charge is -2.04. The molecule has 1 aliphatic rings. The molecular weight excluding hydrogens is 208 g/mol. The van der Waals surface area contributed by atoms with Crippen molar-refractivity contribution in [3.8, 4) is 11.5 Å². The summed E-state index contributed by atoms with van der Waals surface area (Å²) in [7, 11) is 0. The second-order valence-corrected chi connectivity index (χ2v) is 4.07. The molecule has 0 aliphatic heterocycles. The normalized spacial score (nSPS) is 17.6. The molecule has 2 aromatic heterocycles. The van der Waals surface area contributed by atoms with E-state index in [1.807, 2.05) is 0 Å². The van der Waals surface area contributed by atoms with Crippen molar-refractivity contribution in [2.75, 3.05) is 0 Å². The molecule has 1 aliphatic carbocycles. The minimum Gasteiger partial charge on any atom is -0.339 e. The smallest absolute Gasteiger partial charge is 0.228 e. The van der Waals surface area contributed by atoms with Crippen LogP contribution >= 0.6 is 0 Å². The van der Waals surface area contributed by atoms with Gasteiger partial charge in [0.1, 0.15) is 0 Å². The van der Waals surface area contributed by atoms with Crippen LogP contribution < -0.4 is 5.73 Å². The molecule has 0 bridgehead atoms. The predicted molar refractivity (Wildman–Crippen MR) is 54.1 cm³/mol. The van der Waals surface area contributed by atoms with Gasteiger partial charge in [-0.25, -0.2) is 0 Å². The fourth-order valence-corrected chi connectivity index (χ4v) is 1.64. The first-order valence-corrected chi connectivity index (χ1v) is 5.27. The number of rotatable bonds is 4. The zero-order chi connectivity index (χ0) is 11.0. The van der Waals surface area contributed by atoms with Crippen molar-refractivity contribution < 1.29 is 4.52 Å². The highest BCUT2D eigenvalue weighted by atomic mass is 16.5. The van der Waals surface area contributed by atoms with Gasteiger partial charge in [0.25, 0.3) is 0 Å². The third-order valence-electron chi connectivity index (χ3n) is 2.75. The molecule has 0 radical (unpaired) electrons. The zero-order valence-corrected chi connectivity index (χ0v) is 8.63. The first-order valence-electron chi connectivity index (χ1n) is 5.27. The molecule has 84 valence electrons. The Balaban J connectivity index is 1.72. The molecule has 2 aromatic rings. The third-order valence-corrected chi connectivity index (χ3v) is 2.75. The average molecular weight is 220 g/mol. The van der Waals surface area contributed by atoms with E-state index in [0.717, 1.165) is 0 Å². The second-order valence-electron chi connectivity index (χ2n) is 4.07. The van der Waals surface area contributed by atoms with Gasteiger partial charge < -0.3 is 10.3 Å². The summed E-state index contributed by atoms with van der Waals surface area (Å²) >= 11 is 0. The molecule has 0 saturated heterocycles. The molecule has 1 unspecified atom stereocenters. The van der Waals surface area contributed by atoms with Crippen LogP contribution in [-0.2, 0) is 6.42 Å². The highest BCUT2D eigenvalue weighted by molar-refractivity contribution is 5.44. The number of H-pyrrole nitrogens is 1. The number of aromatic amines is 1. The summed E-state index contributed by atoms with van der Waals surface area (Å²) in [6.07, 6.45) is 4.61. The number of nitrogens with one attached hydrogen (secondary N) is 1. The van der Waals surface area contributed by atoms with Crippen LogP contribution in [0.2, 0.25) is 0 Å². The van der Waals surface area contributed by atoms with E-state index in [2.05, 4.69) is 25.6 Å². The van der Waals surface area contributed by atoms with Crippen molar-refractivity contribution in [2.45, 2.75) is 25.3 Å². The number of nitrogens with two attached hydrogens (primary N) is 1. The Morgan fingerprint density at radius 2 is 2.44 bits per heavy atom. The summed E-state index contributed by atoms with van der Waals surface area (Å²) in [4.78, 5) is 4.22. The van der Waals surface area contributed by atoms with Gasteiger partial charge in [-0.2, -0.15) is 20.4 Å². The SMILES string of the molecule is NC(Cc1nc(-c2cn[nH]n2)no1)C1CC1. The van der Waals surface area contributed by atoms with Gasteiger partial charge in [0.15, 0.2) is 5.69 Å². The topological polar surface area (TPSA) is 107 Å². The fraction of sp³-hybridized carbons (Fsp3) is 0.556. The lowest BCUT2D eigenvalue weighted by atomic mass is 10.1. The summed E-state index contributed by atoms with van der Waals surface area (Å²) in [5.74, 6) is 1.64. The highest BCUT2D eigenvalue weighted by Crippen LogP contribution is 2.32. The summed E-state index contributed by atoms with van der Waals surface area (Å²) in [5, 5.41) is 13.9. The van der Waals surface area contributed by atoms with Crippen molar-refractivity contribution in [1.29, 1.82) is 0 Å². The van der Waals surface area contributed by atoms with E-state index in [9.17, 15) is 0 Å². The van der Waals surface area contributed by atoms with E-state index in [0.29, 0.717) is 29.7 Å². The minimum absolute atomic E-state index is 0.130. The van der Waals surface area contributed by atoms with Crippen molar-refractivity contribution in [2.24, 2.45) is 11.7 Å². The van der Waals surface area contributed by atoms with E-state index in [4.69, 9.17) is 10.3 Å². The Kier molecular flexibility index (Phi) is 2.17. The third kappa shape index (κ3) is 1.81. The van der Waals surface area contributed by atoms with E-state index in [1.165, 1.54) is 12.8 Å². The van der Waals surface area contributed by atoms with Gasteiger partial charge >= 0.3 is 0 Å². The maximum absolute atomic E-state index is 5.98. The number of nitrogens with zero attached hydrogens (tertiary/aromatic N) is 4. The summed E-state index contributed by atoms with van der Waals surface area (Å²) < 4.78 is 5.11. The number of hydrogen-bond donors (Lipinski definition) is 2. The zero-order valence-electron chi connectivity index (χ0n) is 8.63. The van der Waals surface area contributed by atoms with Crippen molar-refractivity contribution in [3.63, 3.8) is 0 Å². The Morgan fingerprint density at radius 3 is 3.12 bits per heavy atom. The molecule has 16 heavy (non-hydrogen) atoms. The van der Waals surface area contributed by atoms with Crippen LogP contribution in [0.3, 0.4) is 0 Å². The predicted octanol–water partition coefficient (Wildman–Crippen LogP) is 0.134. The molecule has 0 aromatic carbocycles. The Morgan fingerprint density at radius 1 is 1.56 bits per heavy atom. The monoisotopic (exact) mass is 220 g/mol. The molecule has 1 saturated carbocycles. The van der Waals surface area contributed by atoms with Crippen molar-refractivity contribution >= 4 is 0 Å². The molecule has 3 N–H and O–H groups in total. The Labute approximate surface area is 91.4 Å². The average Bonchev–Trinajstić information content (AvgIpc) is 2.80. The van der Waals surface area contributed by atoms with Crippen LogP contribution in [0.4, 0.5) is 0 Å². The van der Waals surface area contributed by atoms with E-state index >= 15 is 0 Å². The largest absolute Gasteiger partial charge is 0.339 e. The van der Waals surface area contributed by atoms with Crippen LogP contribution in [0.5, 0.6) is 0 Å². The first kappa shape index (κ1) is 9.46. The lowest BCUT2D eigenvalue weighted by Crippen LogP contribution is -2.25. The molecule has 3 rings (SSSR count). The van der Waals surface area contributed by atoms with Crippen LogP contribution in [0, 0.1) is 5.92 Å². The Hall–Kier alpha value is -1.76. The van der Waals surface area contributed by atoms with Crippen LogP contribution in [0.25, 0.3) is 11.5 Å². The number of aromatic nitrogens is 5. The molecule has 0 amide bonds. The Bertz CT molecular complexity index is 460. The second kappa shape index (κ2) is 3.67. The van der Waals surface area contributed by atoms with Crippen molar-refractivity contribution in [3.05, 3.63) is 12.1 Å². The molecule has 7 nitrogen and oxygen atoms in total. The van der Waals surface area contributed by atoms with Crippen LogP contribution in [0.15, 0.2) is 10.7 Å². The lowest BCUT2D eigenvalue weighted by molar-refractivity contribution is 0.363. The molecule has 7 heteroatoms. The molecular formula is C9H12N6O. The first-order chi connectivity index (χ1) is 7.83. The summed E-state index contributed by atoms with van der Waals surface area (Å²) in [6.45, 7) is 0. The van der Waals surface area contributed by atoms with E-state index in [1.54, 1.807) is 6.20 Å². The molecule has 0 spiro atoms. The minimum atomic E-state index is 0.130. The standard InChI is InChI=1S/C9H12N6O/c10-6(5-1-2-5)3-8-12-9(14-16-8)7-4-11-15-13-7/h4-6H,1-3,10H2,(H,11,13,15). The van der Waals surface area contributed by atoms with Crippen LogP contribution in [-0.4, -0.2) is 31.6 Å². The molecule has 1 atom stereocenters. The fourth-order valence-electron chi connectivity index (χ4n) is 1.64. The summed E-state index contributed by atoms with van der Waals surface area (Å²) in [6, 6.07) is 0.130. The number of hydrogen-bond acceptors (Lipinski definition) is 6. The van der Waals surface area contributed by atoms with Gasteiger partial charge in [-0.15, -0.1) is 0 Å². The van der Waals surface area contributed by atoms with Gasteiger partial charge in [0, 0.05) is 12.5 Å². The molecule has 1 fully saturated rings. The van der Waals surface area contributed by atoms with Gasteiger partial charge in [-0.1, -0.05) is 5.16 Å². The molecule has 2 heterocycles. The quantitative estimate of drug-likeness (QED) is 0.758. The van der Waals surface area contributed by atoms with Gasteiger partial charge in [-0.05, 0) is 18.8 Å². The van der Waals surface area contributed by atoms with E-state index < -0.39 is 0 Å². The van der Waals surface area contributed by atoms with Gasteiger partial charge in [-0.3, -0.25) is 0 Å².